The van der Waals surface area contributed by atoms with Crippen LogP contribution in [-0.2, 0) is 9.59 Å². The van der Waals surface area contributed by atoms with Gasteiger partial charge in [0.1, 0.15) is 5.57 Å². The molecule has 27 heavy (non-hydrogen) atoms. The van der Waals surface area contributed by atoms with Gasteiger partial charge < -0.3 is 9.47 Å². The summed E-state index contributed by atoms with van der Waals surface area (Å²) in [6, 6.07) is 10.1. The van der Waals surface area contributed by atoms with Gasteiger partial charge in [0.05, 0.1) is 23.9 Å². The van der Waals surface area contributed by atoms with E-state index in [0.29, 0.717) is 38.9 Å². The van der Waals surface area contributed by atoms with Crippen molar-refractivity contribution < 1.29 is 19.1 Å². The van der Waals surface area contributed by atoms with Crippen molar-refractivity contribution in [3.63, 3.8) is 0 Å². The van der Waals surface area contributed by atoms with Crippen LogP contribution in [0, 0.1) is 0 Å². The number of hydrazine groups is 1. The van der Waals surface area contributed by atoms with Crippen LogP contribution in [0.15, 0.2) is 46.4 Å². The SMILES string of the molecule is CCOc1c(Br)cc(/C=C2/C(=O)NN(c3ccc(Cl)cc3)C2=O)cc1OC. The molecular formula is C19H16BrClN2O4. The fourth-order valence-corrected chi connectivity index (χ4v) is 3.30. The van der Waals surface area contributed by atoms with Crippen molar-refractivity contribution in [1.29, 1.82) is 0 Å². The molecule has 2 aromatic carbocycles. The summed E-state index contributed by atoms with van der Waals surface area (Å²) >= 11 is 9.30. The van der Waals surface area contributed by atoms with E-state index in [1.807, 2.05) is 6.92 Å². The van der Waals surface area contributed by atoms with E-state index in [4.69, 9.17) is 21.1 Å². The number of hydrogen-bond acceptors (Lipinski definition) is 4. The van der Waals surface area contributed by atoms with Gasteiger partial charge in [0, 0.05) is 5.02 Å². The van der Waals surface area contributed by atoms with E-state index in [0.717, 1.165) is 0 Å². The summed E-state index contributed by atoms with van der Waals surface area (Å²) in [5.41, 5.74) is 3.71. The minimum Gasteiger partial charge on any atom is -0.493 e. The summed E-state index contributed by atoms with van der Waals surface area (Å²) in [7, 11) is 1.52. The summed E-state index contributed by atoms with van der Waals surface area (Å²) in [6.45, 7) is 2.35. The molecule has 6 nitrogen and oxygen atoms in total. The summed E-state index contributed by atoms with van der Waals surface area (Å²) in [6.07, 6.45) is 1.51. The minimum atomic E-state index is -0.487. The molecule has 0 atom stereocenters. The van der Waals surface area contributed by atoms with E-state index in [2.05, 4.69) is 21.4 Å². The lowest BCUT2D eigenvalue weighted by Crippen LogP contribution is -2.35. The zero-order valence-electron chi connectivity index (χ0n) is 14.6. The average molecular weight is 452 g/mol. The first-order valence-electron chi connectivity index (χ1n) is 8.07. The lowest BCUT2D eigenvalue weighted by molar-refractivity contribution is -0.117. The zero-order chi connectivity index (χ0) is 19.6. The van der Waals surface area contributed by atoms with Gasteiger partial charge in [-0.1, -0.05) is 11.6 Å². The Labute approximate surface area is 169 Å². The van der Waals surface area contributed by atoms with Crippen LogP contribution in [0.2, 0.25) is 5.02 Å². The van der Waals surface area contributed by atoms with Crippen molar-refractivity contribution in [3.05, 3.63) is 57.0 Å². The summed E-state index contributed by atoms with van der Waals surface area (Å²) in [4.78, 5) is 25.0. The normalized spacial score (nSPS) is 15.3. The van der Waals surface area contributed by atoms with E-state index in [-0.39, 0.29) is 5.57 Å². The number of anilines is 1. The molecule has 1 aliphatic heterocycles. The lowest BCUT2D eigenvalue weighted by Gasteiger charge is -2.14. The van der Waals surface area contributed by atoms with Gasteiger partial charge in [0.2, 0.25) is 0 Å². The van der Waals surface area contributed by atoms with Gasteiger partial charge in [-0.25, -0.2) is 5.01 Å². The maximum Gasteiger partial charge on any atom is 0.282 e. The Hall–Kier alpha value is -2.51. The van der Waals surface area contributed by atoms with Crippen molar-refractivity contribution in [3.8, 4) is 11.5 Å². The zero-order valence-corrected chi connectivity index (χ0v) is 16.9. The van der Waals surface area contributed by atoms with E-state index in [1.54, 1.807) is 36.4 Å². The molecule has 1 aliphatic rings. The van der Waals surface area contributed by atoms with Crippen LogP contribution in [0.3, 0.4) is 0 Å². The topological polar surface area (TPSA) is 67.9 Å². The smallest absolute Gasteiger partial charge is 0.282 e. The highest BCUT2D eigenvalue weighted by molar-refractivity contribution is 9.10. The first kappa shape index (κ1) is 19.3. The molecule has 2 amide bonds. The number of benzene rings is 2. The monoisotopic (exact) mass is 450 g/mol. The van der Waals surface area contributed by atoms with Crippen LogP contribution in [0.5, 0.6) is 11.5 Å². The van der Waals surface area contributed by atoms with E-state index in [9.17, 15) is 9.59 Å². The van der Waals surface area contributed by atoms with Gasteiger partial charge >= 0.3 is 0 Å². The number of amides is 2. The van der Waals surface area contributed by atoms with Crippen molar-refractivity contribution in [2.75, 3.05) is 18.7 Å². The van der Waals surface area contributed by atoms with Crippen molar-refractivity contribution in [2.45, 2.75) is 6.92 Å². The van der Waals surface area contributed by atoms with Gasteiger partial charge in [0.15, 0.2) is 11.5 Å². The number of carbonyl (C=O) groups is 2. The highest BCUT2D eigenvalue weighted by atomic mass is 79.9. The van der Waals surface area contributed by atoms with Gasteiger partial charge in [-0.3, -0.25) is 15.0 Å². The molecule has 0 aliphatic carbocycles. The molecular weight excluding hydrogens is 436 g/mol. The molecule has 0 unspecified atom stereocenters. The number of ether oxygens (including phenoxy) is 2. The standard InChI is InChI=1S/C19H16BrClN2O4/c1-3-27-17-15(20)9-11(10-16(17)26-2)8-14-18(24)22-23(19(14)25)13-6-4-12(21)5-7-13/h4-10H,3H2,1-2H3,(H,22,24)/b14-8-. The van der Waals surface area contributed by atoms with Gasteiger partial charge in [-0.15, -0.1) is 0 Å². The number of nitrogens with one attached hydrogen (secondary N) is 1. The molecule has 140 valence electrons. The molecule has 1 heterocycles. The second-order valence-corrected chi connectivity index (χ2v) is 6.87. The van der Waals surface area contributed by atoms with Crippen LogP contribution in [0.4, 0.5) is 5.69 Å². The number of hydrogen-bond donors (Lipinski definition) is 1. The number of rotatable bonds is 5. The summed E-state index contributed by atoms with van der Waals surface area (Å²) < 4.78 is 11.6. The second-order valence-electron chi connectivity index (χ2n) is 5.58. The van der Waals surface area contributed by atoms with Gasteiger partial charge in [0.25, 0.3) is 11.8 Å². The molecule has 8 heteroatoms. The molecule has 2 aromatic rings. The molecule has 1 fully saturated rings. The van der Waals surface area contributed by atoms with Crippen LogP contribution < -0.4 is 19.9 Å². The fourth-order valence-electron chi connectivity index (χ4n) is 2.60. The average Bonchev–Trinajstić information content (AvgIpc) is 2.92. The molecule has 0 bridgehead atoms. The Morgan fingerprint density at radius 3 is 2.56 bits per heavy atom. The van der Waals surface area contributed by atoms with Crippen LogP contribution in [-0.4, -0.2) is 25.5 Å². The van der Waals surface area contributed by atoms with E-state index >= 15 is 0 Å². The van der Waals surface area contributed by atoms with Gasteiger partial charge in [-0.2, -0.15) is 0 Å². The summed E-state index contributed by atoms with van der Waals surface area (Å²) in [5.74, 6) is 0.121. The molecule has 1 saturated heterocycles. The Kier molecular flexibility index (Phi) is 5.72. The van der Waals surface area contributed by atoms with E-state index in [1.165, 1.54) is 18.2 Å². The first-order chi connectivity index (χ1) is 12.9. The third-order valence-electron chi connectivity index (χ3n) is 3.83. The van der Waals surface area contributed by atoms with Crippen molar-refractivity contribution >= 4 is 51.1 Å². The Bertz CT molecular complexity index is 928. The number of nitrogens with zero attached hydrogens (tertiary/aromatic N) is 1. The number of carbonyl (C=O) groups excluding carboxylic acids is 2. The number of halogens is 2. The molecule has 0 radical (unpaired) electrons. The number of methoxy groups -OCH3 is 1. The first-order valence-corrected chi connectivity index (χ1v) is 9.24. The largest absolute Gasteiger partial charge is 0.493 e. The minimum absolute atomic E-state index is 0.0167. The van der Waals surface area contributed by atoms with Gasteiger partial charge in [-0.05, 0) is 70.9 Å². The quantitative estimate of drug-likeness (QED) is 0.552. The van der Waals surface area contributed by atoms with Crippen LogP contribution >= 0.6 is 27.5 Å². The molecule has 3 rings (SSSR count). The highest BCUT2D eigenvalue weighted by Crippen LogP contribution is 2.37. The van der Waals surface area contributed by atoms with Crippen LogP contribution in [0.1, 0.15) is 12.5 Å². The maximum absolute atomic E-state index is 12.7. The maximum atomic E-state index is 12.7. The Balaban J connectivity index is 1.95. The third-order valence-corrected chi connectivity index (χ3v) is 4.67. The third kappa shape index (κ3) is 3.94. The van der Waals surface area contributed by atoms with Crippen molar-refractivity contribution in [2.24, 2.45) is 0 Å². The molecule has 0 saturated carbocycles. The van der Waals surface area contributed by atoms with Crippen molar-refractivity contribution in [1.82, 2.24) is 5.43 Å². The van der Waals surface area contributed by atoms with Crippen LogP contribution in [0.25, 0.3) is 6.08 Å². The molecule has 0 spiro atoms. The predicted molar refractivity (Wildman–Crippen MR) is 107 cm³/mol. The molecule has 0 aromatic heterocycles. The molecule has 1 N–H and O–H groups in total. The van der Waals surface area contributed by atoms with E-state index < -0.39 is 11.8 Å². The predicted octanol–water partition coefficient (Wildman–Crippen LogP) is 3.97. The Morgan fingerprint density at radius 1 is 1.22 bits per heavy atom. The highest BCUT2D eigenvalue weighted by Gasteiger charge is 2.34. The lowest BCUT2D eigenvalue weighted by atomic mass is 10.1. The second kappa shape index (κ2) is 8.02. The Morgan fingerprint density at radius 2 is 1.93 bits per heavy atom. The summed E-state index contributed by atoms with van der Waals surface area (Å²) in [5, 5.41) is 1.73. The fraction of sp³-hybridized carbons (Fsp3) is 0.158.